The lowest BCUT2D eigenvalue weighted by Crippen LogP contribution is -2.35. The summed E-state index contributed by atoms with van der Waals surface area (Å²) in [6.07, 6.45) is 0.822. The lowest BCUT2D eigenvalue weighted by atomic mass is 10.1. The van der Waals surface area contributed by atoms with Gasteiger partial charge in [-0.2, -0.15) is 0 Å². The van der Waals surface area contributed by atoms with Gasteiger partial charge >= 0.3 is 0 Å². The first-order chi connectivity index (χ1) is 8.08. The molecule has 0 aromatic heterocycles. The first kappa shape index (κ1) is 12.5. The maximum atomic E-state index is 11.9. The standard InChI is InChI=1S/C11H12Cl2N2O2/c12-8-3-6(4-9(13)10(8)14)11(16)15-7-1-2-17-5-7/h3-4,7H,1-2,5,14H2,(H,15,16). The minimum atomic E-state index is -0.218. The molecule has 0 bridgehead atoms. The average Bonchev–Trinajstić information content (AvgIpc) is 2.77. The normalized spacial score (nSPS) is 19.3. The van der Waals surface area contributed by atoms with E-state index in [0.717, 1.165) is 6.42 Å². The molecule has 1 aromatic carbocycles. The van der Waals surface area contributed by atoms with Crippen LogP contribution < -0.4 is 11.1 Å². The van der Waals surface area contributed by atoms with Crippen LogP contribution in [-0.4, -0.2) is 25.2 Å². The van der Waals surface area contributed by atoms with Gasteiger partial charge in [0, 0.05) is 12.2 Å². The molecule has 4 nitrogen and oxygen atoms in total. The van der Waals surface area contributed by atoms with Crippen LogP contribution in [0.25, 0.3) is 0 Å². The molecule has 1 saturated heterocycles. The third kappa shape index (κ3) is 2.83. The summed E-state index contributed by atoms with van der Waals surface area (Å²) >= 11 is 11.7. The number of amides is 1. The Hall–Kier alpha value is -0.970. The molecule has 92 valence electrons. The summed E-state index contributed by atoms with van der Waals surface area (Å²) < 4.78 is 5.17. The highest BCUT2D eigenvalue weighted by atomic mass is 35.5. The number of halogens is 2. The molecule has 3 N–H and O–H groups in total. The number of anilines is 1. The highest BCUT2D eigenvalue weighted by Gasteiger charge is 2.19. The van der Waals surface area contributed by atoms with Gasteiger partial charge in [-0.15, -0.1) is 0 Å². The zero-order chi connectivity index (χ0) is 12.4. The highest BCUT2D eigenvalue weighted by molar-refractivity contribution is 6.39. The van der Waals surface area contributed by atoms with Gasteiger partial charge < -0.3 is 15.8 Å². The minimum absolute atomic E-state index is 0.0533. The minimum Gasteiger partial charge on any atom is -0.396 e. The fourth-order valence-corrected chi connectivity index (χ4v) is 2.12. The quantitative estimate of drug-likeness (QED) is 0.812. The number of nitrogens with one attached hydrogen (secondary N) is 1. The van der Waals surface area contributed by atoms with E-state index in [1.165, 1.54) is 12.1 Å². The van der Waals surface area contributed by atoms with Crippen LogP contribution in [-0.2, 0) is 4.74 Å². The summed E-state index contributed by atoms with van der Waals surface area (Å²) in [5, 5.41) is 3.41. The van der Waals surface area contributed by atoms with E-state index in [4.69, 9.17) is 33.7 Å². The van der Waals surface area contributed by atoms with Crippen molar-refractivity contribution in [2.45, 2.75) is 12.5 Å². The Morgan fingerprint density at radius 1 is 1.41 bits per heavy atom. The van der Waals surface area contributed by atoms with Crippen LogP contribution in [0.4, 0.5) is 5.69 Å². The van der Waals surface area contributed by atoms with Crippen LogP contribution in [0.15, 0.2) is 12.1 Å². The molecule has 1 heterocycles. The Morgan fingerprint density at radius 2 is 2.06 bits per heavy atom. The molecule has 1 amide bonds. The molecule has 1 fully saturated rings. The van der Waals surface area contributed by atoms with E-state index in [9.17, 15) is 4.79 Å². The zero-order valence-electron chi connectivity index (χ0n) is 9.00. The van der Waals surface area contributed by atoms with Crippen LogP contribution in [0.1, 0.15) is 16.8 Å². The first-order valence-corrected chi connectivity index (χ1v) is 5.96. The molecular weight excluding hydrogens is 263 g/mol. The largest absolute Gasteiger partial charge is 0.396 e. The third-order valence-electron chi connectivity index (χ3n) is 2.61. The number of rotatable bonds is 2. The van der Waals surface area contributed by atoms with Gasteiger partial charge in [0.05, 0.1) is 28.4 Å². The monoisotopic (exact) mass is 274 g/mol. The van der Waals surface area contributed by atoms with Crippen molar-refractivity contribution in [1.29, 1.82) is 0 Å². The summed E-state index contributed by atoms with van der Waals surface area (Å²) in [6.45, 7) is 1.22. The Bertz CT molecular complexity index is 422. The van der Waals surface area contributed by atoms with Gasteiger partial charge in [-0.05, 0) is 18.6 Å². The van der Waals surface area contributed by atoms with Gasteiger partial charge in [-0.1, -0.05) is 23.2 Å². The summed E-state index contributed by atoms with van der Waals surface area (Å²) in [4.78, 5) is 11.9. The molecule has 1 aliphatic heterocycles. The van der Waals surface area contributed by atoms with Crippen molar-refractivity contribution in [3.05, 3.63) is 27.7 Å². The predicted octanol–water partition coefficient (Wildman–Crippen LogP) is 2.09. The van der Waals surface area contributed by atoms with Gasteiger partial charge in [0.1, 0.15) is 0 Å². The number of nitrogens with two attached hydrogens (primary N) is 1. The predicted molar refractivity (Wildman–Crippen MR) is 67.6 cm³/mol. The number of benzene rings is 1. The van der Waals surface area contributed by atoms with Crippen LogP contribution in [0, 0.1) is 0 Å². The lowest BCUT2D eigenvalue weighted by molar-refractivity contribution is 0.0930. The van der Waals surface area contributed by atoms with Crippen LogP contribution in [0.3, 0.4) is 0 Å². The smallest absolute Gasteiger partial charge is 0.251 e. The van der Waals surface area contributed by atoms with Crippen molar-refractivity contribution >= 4 is 34.8 Å². The summed E-state index contributed by atoms with van der Waals surface area (Å²) in [5.74, 6) is -0.218. The fraction of sp³-hybridized carbons (Fsp3) is 0.364. The Balaban J connectivity index is 2.13. The van der Waals surface area contributed by atoms with E-state index >= 15 is 0 Å². The molecule has 0 radical (unpaired) electrons. The Morgan fingerprint density at radius 3 is 2.59 bits per heavy atom. The SMILES string of the molecule is Nc1c(Cl)cc(C(=O)NC2CCOC2)cc1Cl. The Kier molecular flexibility index (Phi) is 3.76. The molecule has 1 unspecified atom stereocenters. The van der Waals surface area contributed by atoms with Gasteiger partial charge in [-0.25, -0.2) is 0 Å². The maximum absolute atomic E-state index is 11.9. The summed E-state index contributed by atoms with van der Waals surface area (Å²) in [7, 11) is 0. The van der Waals surface area contributed by atoms with Crippen molar-refractivity contribution in [3.63, 3.8) is 0 Å². The second-order valence-corrected chi connectivity index (χ2v) is 4.70. The van der Waals surface area contributed by atoms with Crippen molar-refractivity contribution in [2.75, 3.05) is 18.9 Å². The Labute approximate surface area is 109 Å². The molecule has 2 rings (SSSR count). The molecule has 1 atom stereocenters. The number of carbonyl (C=O) groups is 1. The van der Waals surface area contributed by atoms with E-state index in [-0.39, 0.29) is 27.7 Å². The van der Waals surface area contributed by atoms with E-state index in [1.807, 2.05) is 0 Å². The average molecular weight is 275 g/mol. The van der Waals surface area contributed by atoms with Gasteiger partial charge in [-0.3, -0.25) is 4.79 Å². The van der Waals surface area contributed by atoms with Crippen molar-refractivity contribution < 1.29 is 9.53 Å². The molecular formula is C11H12Cl2N2O2. The molecule has 6 heteroatoms. The van der Waals surface area contributed by atoms with E-state index < -0.39 is 0 Å². The van der Waals surface area contributed by atoms with Gasteiger partial charge in [0.15, 0.2) is 0 Å². The lowest BCUT2D eigenvalue weighted by Gasteiger charge is -2.11. The molecule has 0 spiro atoms. The maximum Gasteiger partial charge on any atom is 0.251 e. The molecule has 1 aromatic rings. The molecule has 1 aliphatic rings. The molecule has 0 saturated carbocycles. The number of hydrogen-bond donors (Lipinski definition) is 2. The molecule has 17 heavy (non-hydrogen) atoms. The van der Waals surface area contributed by atoms with E-state index in [1.54, 1.807) is 0 Å². The number of hydrogen-bond acceptors (Lipinski definition) is 3. The summed E-state index contributed by atoms with van der Waals surface area (Å²) in [6, 6.07) is 3.07. The van der Waals surface area contributed by atoms with Crippen LogP contribution >= 0.6 is 23.2 Å². The van der Waals surface area contributed by atoms with Crippen molar-refractivity contribution in [1.82, 2.24) is 5.32 Å². The highest BCUT2D eigenvalue weighted by Crippen LogP contribution is 2.28. The van der Waals surface area contributed by atoms with E-state index in [0.29, 0.717) is 18.8 Å². The second kappa shape index (κ2) is 5.12. The van der Waals surface area contributed by atoms with Crippen molar-refractivity contribution in [2.24, 2.45) is 0 Å². The van der Waals surface area contributed by atoms with Crippen LogP contribution in [0.2, 0.25) is 10.0 Å². The number of carbonyl (C=O) groups excluding carboxylic acids is 1. The fourth-order valence-electron chi connectivity index (χ4n) is 1.63. The second-order valence-electron chi connectivity index (χ2n) is 3.89. The van der Waals surface area contributed by atoms with Gasteiger partial charge in [0.2, 0.25) is 0 Å². The van der Waals surface area contributed by atoms with Crippen LogP contribution in [0.5, 0.6) is 0 Å². The third-order valence-corrected chi connectivity index (χ3v) is 3.23. The zero-order valence-corrected chi connectivity index (χ0v) is 10.5. The molecule has 0 aliphatic carbocycles. The first-order valence-electron chi connectivity index (χ1n) is 5.21. The van der Waals surface area contributed by atoms with Crippen molar-refractivity contribution in [3.8, 4) is 0 Å². The number of ether oxygens (including phenoxy) is 1. The number of nitrogen functional groups attached to an aromatic ring is 1. The van der Waals surface area contributed by atoms with Gasteiger partial charge in [0.25, 0.3) is 5.91 Å². The van der Waals surface area contributed by atoms with E-state index in [2.05, 4.69) is 5.32 Å². The summed E-state index contributed by atoms with van der Waals surface area (Å²) in [5.41, 5.74) is 6.29. The topological polar surface area (TPSA) is 64.4 Å².